The van der Waals surface area contributed by atoms with Crippen molar-refractivity contribution in [3.63, 3.8) is 0 Å². The van der Waals surface area contributed by atoms with Gasteiger partial charge in [-0.25, -0.2) is 4.68 Å². The number of carbonyl (C=O) groups excluding carboxylic acids is 1. The first-order chi connectivity index (χ1) is 10.0. The van der Waals surface area contributed by atoms with E-state index in [1.807, 2.05) is 13.0 Å². The number of hydrogen-bond donors (Lipinski definition) is 3. The zero-order chi connectivity index (χ0) is 15.0. The molecule has 2 aromatic rings. The molecule has 0 atom stereocenters. The number of carbonyl (C=O) groups is 1. The van der Waals surface area contributed by atoms with Gasteiger partial charge in [0.1, 0.15) is 5.75 Å². The Hall–Kier alpha value is -2.41. The predicted molar refractivity (Wildman–Crippen MR) is 77.5 cm³/mol. The second-order valence-electron chi connectivity index (χ2n) is 5.33. The summed E-state index contributed by atoms with van der Waals surface area (Å²) in [6.07, 6.45) is 1.63. The smallest absolute Gasteiger partial charge is 0.277 e. The SMILES string of the molecule is Cc1cc(C)c(O)c(NC(=O)c2cn(C3CNC3)nn2)c1. The lowest BCUT2D eigenvalue weighted by Crippen LogP contribution is -2.43. The van der Waals surface area contributed by atoms with Gasteiger partial charge in [-0.1, -0.05) is 11.3 Å². The van der Waals surface area contributed by atoms with E-state index in [1.54, 1.807) is 23.9 Å². The highest BCUT2D eigenvalue weighted by atomic mass is 16.3. The third-order valence-electron chi connectivity index (χ3n) is 3.57. The molecule has 1 saturated heterocycles. The zero-order valence-corrected chi connectivity index (χ0v) is 11.9. The fraction of sp³-hybridized carbons (Fsp3) is 0.357. The van der Waals surface area contributed by atoms with Crippen molar-refractivity contribution < 1.29 is 9.90 Å². The molecule has 7 heteroatoms. The van der Waals surface area contributed by atoms with Gasteiger partial charge in [-0.3, -0.25) is 4.79 Å². The Kier molecular flexibility index (Phi) is 3.34. The van der Waals surface area contributed by atoms with Gasteiger partial charge in [-0.2, -0.15) is 0 Å². The Labute approximate surface area is 122 Å². The van der Waals surface area contributed by atoms with E-state index >= 15 is 0 Å². The minimum atomic E-state index is -0.381. The monoisotopic (exact) mass is 287 g/mol. The van der Waals surface area contributed by atoms with Crippen LogP contribution in [0.15, 0.2) is 18.3 Å². The number of nitrogens with zero attached hydrogens (tertiary/aromatic N) is 3. The Morgan fingerprint density at radius 1 is 1.43 bits per heavy atom. The standard InChI is InChI=1S/C14H17N5O2/c1-8-3-9(2)13(20)11(4-8)16-14(21)12-7-19(18-17-12)10-5-15-6-10/h3-4,7,10,15,20H,5-6H2,1-2H3,(H,16,21). The number of phenolic OH excluding ortho intramolecular Hbond substituents is 1. The van der Waals surface area contributed by atoms with Crippen molar-refractivity contribution in [3.8, 4) is 5.75 Å². The highest BCUT2D eigenvalue weighted by Gasteiger charge is 2.22. The molecule has 2 heterocycles. The van der Waals surface area contributed by atoms with Crippen LogP contribution in [0.3, 0.4) is 0 Å². The maximum absolute atomic E-state index is 12.2. The third kappa shape index (κ3) is 2.59. The first-order valence-corrected chi connectivity index (χ1v) is 6.78. The first-order valence-electron chi connectivity index (χ1n) is 6.78. The molecule has 7 nitrogen and oxygen atoms in total. The fourth-order valence-corrected chi connectivity index (χ4v) is 2.26. The van der Waals surface area contributed by atoms with Gasteiger partial charge in [0.05, 0.1) is 17.9 Å². The lowest BCUT2D eigenvalue weighted by molar-refractivity contribution is 0.102. The van der Waals surface area contributed by atoms with Gasteiger partial charge in [0.25, 0.3) is 5.91 Å². The van der Waals surface area contributed by atoms with Crippen LogP contribution >= 0.6 is 0 Å². The van der Waals surface area contributed by atoms with E-state index in [-0.39, 0.29) is 23.4 Å². The number of rotatable bonds is 3. The molecule has 1 aromatic heterocycles. The van der Waals surface area contributed by atoms with Gasteiger partial charge < -0.3 is 15.7 Å². The van der Waals surface area contributed by atoms with Crippen LogP contribution in [0, 0.1) is 13.8 Å². The summed E-state index contributed by atoms with van der Waals surface area (Å²) in [5, 5.41) is 23.6. The average molecular weight is 287 g/mol. The van der Waals surface area contributed by atoms with Crippen molar-refractivity contribution in [1.82, 2.24) is 20.3 Å². The predicted octanol–water partition coefficient (Wildman–Crippen LogP) is 0.997. The van der Waals surface area contributed by atoms with E-state index in [1.165, 1.54) is 0 Å². The van der Waals surface area contributed by atoms with Crippen LogP contribution in [0.4, 0.5) is 5.69 Å². The molecule has 1 fully saturated rings. The molecule has 0 bridgehead atoms. The van der Waals surface area contributed by atoms with E-state index in [2.05, 4.69) is 20.9 Å². The summed E-state index contributed by atoms with van der Waals surface area (Å²) < 4.78 is 1.69. The normalized spacial score (nSPS) is 14.8. The van der Waals surface area contributed by atoms with Crippen LogP contribution in [0.1, 0.15) is 27.7 Å². The largest absolute Gasteiger partial charge is 0.505 e. The van der Waals surface area contributed by atoms with E-state index in [4.69, 9.17) is 0 Å². The van der Waals surface area contributed by atoms with Gasteiger partial charge >= 0.3 is 0 Å². The molecule has 0 aliphatic carbocycles. The second kappa shape index (κ2) is 5.17. The number of amides is 1. The highest BCUT2D eigenvalue weighted by Crippen LogP contribution is 2.28. The lowest BCUT2D eigenvalue weighted by Gasteiger charge is -2.26. The van der Waals surface area contributed by atoms with Crippen LogP contribution in [0.5, 0.6) is 5.75 Å². The number of aromatic hydroxyl groups is 1. The van der Waals surface area contributed by atoms with Crippen LogP contribution in [0.2, 0.25) is 0 Å². The minimum Gasteiger partial charge on any atom is -0.505 e. The molecule has 1 aliphatic rings. The van der Waals surface area contributed by atoms with Crippen LogP contribution in [-0.2, 0) is 0 Å². The van der Waals surface area contributed by atoms with Crippen molar-refractivity contribution in [2.45, 2.75) is 19.9 Å². The summed E-state index contributed by atoms with van der Waals surface area (Å²) >= 11 is 0. The number of hydrogen-bond acceptors (Lipinski definition) is 5. The molecule has 1 amide bonds. The molecule has 110 valence electrons. The molecule has 0 unspecified atom stereocenters. The Bertz CT molecular complexity index is 691. The maximum Gasteiger partial charge on any atom is 0.277 e. The summed E-state index contributed by atoms with van der Waals surface area (Å²) in [5.74, 6) is -0.307. The molecule has 0 spiro atoms. The molecule has 3 N–H and O–H groups in total. The number of phenols is 1. The molecule has 3 rings (SSSR count). The van der Waals surface area contributed by atoms with E-state index in [0.717, 1.165) is 24.2 Å². The van der Waals surface area contributed by atoms with Gasteiger partial charge in [0.15, 0.2) is 5.69 Å². The first kappa shape index (κ1) is 13.6. The Balaban J connectivity index is 1.78. The van der Waals surface area contributed by atoms with Crippen molar-refractivity contribution in [3.05, 3.63) is 35.2 Å². The quantitative estimate of drug-likeness (QED) is 0.732. The third-order valence-corrected chi connectivity index (χ3v) is 3.57. The van der Waals surface area contributed by atoms with E-state index in [0.29, 0.717) is 5.69 Å². The van der Waals surface area contributed by atoms with Crippen molar-refractivity contribution >= 4 is 11.6 Å². The number of nitrogens with one attached hydrogen (secondary N) is 2. The van der Waals surface area contributed by atoms with Gasteiger partial charge in [-0.05, 0) is 31.0 Å². The van der Waals surface area contributed by atoms with Crippen molar-refractivity contribution in [1.29, 1.82) is 0 Å². The average Bonchev–Trinajstić information content (AvgIpc) is 2.82. The summed E-state index contributed by atoms with van der Waals surface area (Å²) in [7, 11) is 0. The molecule has 0 radical (unpaired) electrons. The lowest BCUT2D eigenvalue weighted by atomic mass is 10.1. The number of aryl methyl sites for hydroxylation is 2. The molecule has 1 aliphatic heterocycles. The fourth-order valence-electron chi connectivity index (χ4n) is 2.26. The van der Waals surface area contributed by atoms with Crippen molar-refractivity contribution in [2.24, 2.45) is 0 Å². The zero-order valence-electron chi connectivity index (χ0n) is 11.9. The minimum absolute atomic E-state index is 0.0736. The molecular formula is C14H17N5O2. The topological polar surface area (TPSA) is 92.1 Å². The second-order valence-corrected chi connectivity index (χ2v) is 5.33. The van der Waals surface area contributed by atoms with Gasteiger partial charge in [0, 0.05) is 13.1 Å². The number of aromatic nitrogens is 3. The molecule has 21 heavy (non-hydrogen) atoms. The van der Waals surface area contributed by atoms with Gasteiger partial charge in [0.2, 0.25) is 0 Å². The highest BCUT2D eigenvalue weighted by molar-refractivity contribution is 6.03. The van der Waals surface area contributed by atoms with Crippen LogP contribution < -0.4 is 10.6 Å². The van der Waals surface area contributed by atoms with E-state index < -0.39 is 0 Å². The van der Waals surface area contributed by atoms with Crippen LogP contribution in [0.25, 0.3) is 0 Å². The molecule has 1 aromatic carbocycles. The maximum atomic E-state index is 12.2. The summed E-state index contributed by atoms with van der Waals surface area (Å²) in [4.78, 5) is 12.2. The summed E-state index contributed by atoms with van der Waals surface area (Å²) in [6.45, 7) is 5.37. The van der Waals surface area contributed by atoms with Crippen LogP contribution in [-0.4, -0.2) is 39.1 Å². The van der Waals surface area contributed by atoms with Gasteiger partial charge in [-0.15, -0.1) is 5.10 Å². The Morgan fingerprint density at radius 3 is 2.86 bits per heavy atom. The molecule has 0 saturated carbocycles. The van der Waals surface area contributed by atoms with E-state index in [9.17, 15) is 9.90 Å². The number of anilines is 1. The van der Waals surface area contributed by atoms with Crippen molar-refractivity contribution in [2.75, 3.05) is 18.4 Å². The Morgan fingerprint density at radius 2 is 2.19 bits per heavy atom. The summed E-state index contributed by atoms with van der Waals surface area (Å²) in [6, 6.07) is 3.83. The number of benzene rings is 1. The summed E-state index contributed by atoms with van der Waals surface area (Å²) in [5.41, 5.74) is 2.30. The molecular weight excluding hydrogens is 270 g/mol.